The molecule has 0 bridgehead atoms. The van der Waals surface area contributed by atoms with Crippen molar-refractivity contribution in [1.82, 2.24) is 9.88 Å². The Balaban J connectivity index is 0.00000139. The van der Waals surface area contributed by atoms with Gasteiger partial charge in [0.05, 0.1) is 53.1 Å². The number of fused-ring (bicyclic) bond motifs is 6. The molecule has 3 aromatic rings. The Hall–Kier alpha value is -4.51. The Kier molecular flexibility index (Phi) is 10.4. The number of nitrogens with zero attached hydrogens (tertiary/aromatic N) is 1. The lowest BCUT2D eigenvalue weighted by molar-refractivity contribution is -0.176. The largest absolute Gasteiger partial charge is 0.497 e. The molecule has 1 aromatic heterocycles. The molecule has 3 aliphatic rings. The molecular weight excluding hydrogens is 606 g/mol. The minimum atomic E-state index is -0.670. The van der Waals surface area contributed by atoms with Gasteiger partial charge in [-0.1, -0.05) is 0 Å². The van der Waals surface area contributed by atoms with Gasteiger partial charge in [0.1, 0.15) is 18.0 Å². The van der Waals surface area contributed by atoms with Crippen LogP contribution in [0.4, 0.5) is 0 Å². The van der Waals surface area contributed by atoms with E-state index in [-0.39, 0.29) is 29.4 Å². The smallest absolute Gasteiger partial charge is 0.338 e. The van der Waals surface area contributed by atoms with E-state index in [9.17, 15) is 9.59 Å². The van der Waals surface area contributed by atoms with Crippen LogP contribution in [-0.2, 0) is 25.4 Å². The van der Waals surface area contributed by atoms with Crippen LogP contribution in [0.3, 0.4) is 0 Å². The van der Waals surface area contributed by atoms with Gasteiger partial charge in [0, 0.05) is 42.9 Å². The van der Waals surface area contributed by atoms with Crippen molar-refractivity contribution < 1.29 is 42.7 Å². The highest BCUT2D eigenvalue weighted by molar-refractivity contribution is 5.91. The van der Waals surface area contributed by atoms with E-state index in [2.05, 4.69) is 22.5 Å². The van der Waals surface area contributed by atoms with Crippen molar-refractivity contribution in [3.8, 4) is 23.0 Å². The van der Waals surface area contributed by atoms with Gasteiger partial charge in [-0.3, -0.25) is 15.1 Å². The molecule has 6 atom stereocenters. The van der Waals surface area contributed by atoms with E-state index in [4.69, 9.17) is 38.6 Å². The predicted octanol–water partition coefficient (Wildman–Crippen LogP) is 4.59. The number of nitrogens with one attached hydrogen (secondary N) is 2. The molecule has 0 radical (unpaired) electrons. The second-order valence-electron chi connectivity index (χ2n) is 11.9. The summed E-state index contributed by atoms with van der Waals surface area (Å²) in [6.45, 7) is 4.59. The molecule has 1 aliphatic carbocycles. The van der Waals surface area contributed by atoms with Gasteiger partial charge < -0.3 is 38.1 Å². The predicted molar refractivity (Wildman–Crippen MR) is 174 cm³/mol. The van der Waals surface area contributed by atoms with Crippen molar-refractivity contribution in [3.05, 3.63) is 53.7 Å². The molecule has 12 heteroatoms. The minimum Gasteiger partial charge on any atom is -0.497 e. The normalized spacial score (nSPS) is 24.6. The third kappa shape index (κ3) is 6.28. The molecule has 252 valence electrons. The Morgan fingerprint density at radius 1 is 0.979 bits per heavy atom. The van der Waals surface area contributed by atoms with Crippen molar-refractivity contribution in [3.63, 3.8) is 0 Å². The van der Waals surface area contributed by atoms with Crippen LogP contribution in [0, 0.1) is 23.2 Å². The molecule has 6 rings (SSSR count). The van der Waals surface area contributed by atoms with Gasteiger partial charge >= 0.3 is 11.9 Å². The number of piperidine rings is 1. The number of hydrogen-bond acceptors (Lipinski definition) is 11. The summed E-state index contributed by atoms with van der Waals surface area (Å²) in [4.78, 5) is 33.1. The number of H-pyrrole nitrogens is 1. The molecule has 1 saturated heterocycles. The number of carbonyl (C=O) groups excluding carboxylic acids is 2. The summed E-state index contributed by atoms with van der Waals surface area (Å²) >= 11 is 0. The minimum absolute atomic E-state index is 0.0170. The van der Waals surface area contributed by atoms with Gasteiger partial charge in [0.15, 0.2) is 11.5 Å². The van der Waals surface area contributed by atoms with Gasteiger partial charge in [-0.25, -0.2) is 4.79 Å². The number of ether oxygens (including phenoxy) is 7. The Morgan fingerprint density at radius 3 is 2.28 bits per heavy atom. The molecule has 0 amide bonds. The molecule has 12 nitrogen and oxygen atoms in total. The van der Waals surface area contributed by atoms with Crippen molar-refractivity contribution in [1.29, 1.82) is 5.41 Å². The van der Waals surface area contributed by atoms with E-state index in [0.29, 0.717) is 23.7 Å². The average molecular weight is 650 g/mol. The first-order valence-electron chi connectivity index (χ1n) is 15.5. The summed E-state index contributed by atoms with van der Waals surface area (Å²) < 4.78 is 39.1. The Bertz CT molecular complexity index is 1620. The standard InChI is InChI=1S/C33H40N2O9.C2H3N/c1-38-19-7-8-20-21-9-10-35-16-18-13-27(44-32(36)17-11-25(39-2)30(41-4)26(12-17)40-3)31(42-5)28(33(37)43-6)22(18)15-24(35)29(21)34-23(20)14-19;1-2-3/h7-8,11-12,14,18,22,24,27-28,31,34H,9-10,13,15-16H2,1-6H3;3H,1H2/t18-,22+,24-,27-,28+,31+;/m1./s1. The SMILES string of the molecule is C=C=N.COC(=O)[C@H]1[C@H]2C[C@@H]3c4[nH]c5cc(OC)ccc5c4CCN3C[C@H]2C[C@@H](OC(=O)c2cc(OC)c(OC)c(OC)c2)[C@@H]1OC. The molecule has 0 unspecified atom stereocenters. The van der Waals surface area contributed by atoms with E-state index < -0.39 is 24.1 Å². The van der Waals surface area contributed by atoms with Crippen molar-refractivity contribution >= 4 is 28.7 Å². The van der Waals surface area contributed by atoms with Crippen LogP contribution in [-0.4, -0.2) is 95.6 Å². The van der Waals surface area contributed by atoms with E-state index in [1.54, 1.807) is 32.2 Å². The molecule has 2 fully saturated rings. The Labute approximate surface area is 274 Å². The molecule has 3 heterocycles. The summed E-state index contributed by atoms with van der Waals surface area (Å²) in [6.07, 6.45) is 0.920. The number of hydrogen-bond donors (Lipinski definition) is 2. The van der Waals surface area contributed by atoms with Crippen LogP contribution < -0.4 is 18.9 Å². The summed E-state index contributed by atoms with van der Waals surface area (Å²) in [5, 5.41) is 7.06. The van der Waals surface area contributed by atoms with Gasteiger partial charge in [-0.05, 0) is 73.4 Å². The van der Waals surface area contributed by atoms with Crippen LogP contribution in [0.15, 0.2) is 36.9 Å². The fourth-order valence-corrected chi connectivity index (χ4v) is 7.76. The number of benzene rings is 2. The average Bonchev–Trinajstić information content (AvgIpc) is 3.47. The van der Waals surface area contributed by atoms with E-state index in [1.807, 2.05) is 12.1 Å². The van der Waals surface area contributed by atoms with E-state index in [0.717, 1.165) is 37.2 Å². The molecule has 2 N–H and O–H groups in total. The second-order valence-corrected chi connectivity index (χ2v) is 11.9. The van der Waals surface area contributed by atoms with Crippen LogP contribution in [0.25, 0.3) is 10.9 Å². The second kappa shape index (κ2) is 14.5. The summed E-state index contributed by atoms with van der Waals surface area (Å²) in [6, 6.07) is 9.40. The van der Waals surface area contributed by atoms with Crippen LogP contribution in [0.5, 0.6) is 23.0 Å². The number of aromatic nitrogens is 1. The molecule has 47 heavy (non-hydrogen) atoms. The first kappa shape index (κ1) is 33.8. The fraction of sp³-hybridized carbons (Fsp3) is 0.486. The zero-order chi connectivity index (χ0) is 33.8. The van der Waals surface area contributed by atoms with Crippen LogP contribution >= 0.6 is 0 Å². The molecule has 1 saturated carbocycles. The number of methoxy groups -OCH3 is 6. The fourth-order valence-electron chi connectivity index (χ4n) is 7.76. The molecule has 2 aromatic carbocycles. The summed E-state index contributed by atoms with van der Waals surface area (Å²) in [7, 11) is 9.10. The van der Waals surface area contributed by atoms with Gasteiger partial charge in [0.2, 0.25) is 5.75 Å². The van der Waals surface area contributed by atoms with Crippen LogP contribution in [0.1, 0.15) is 40.5 Å². The zero-order valence-electron chi connectivity index (χ0n) is 27.7. The number of carbonyl (C=O) groups is 2. The van der Waals surface area contributed by atoms with Crippen molar-refractivity contribution in [2.24, 2.45) is 17.8 Å². The van der Waals surface area contributed by atoms with Gasteiger partial charge in [-0.2, -0.15) is 0 Å². The first-order chi connectivity index (χ1) is 22.8. The van der Waals surface area contributed by atoms with E-state index >= 15 is 0 Å². The lowest BCUT2D eigenvalue weighted by Gasteiger charge is -2.52. The van der Waals surface area contributed by atoms with Crippen molar-refractivity contribution in [2.75, 3.05) is 55.7 Å². The highest BCUT2D eigenvalue weighted by Crippen LogP contribution is 2.51. The van der Waals surface area contributed by atoms with Crippen LogP contribution in [0.2, 0.25) is 0 Å². The maximum atomic E-state index is 13.5. The number of esters is 2. The Morgan fingerprint density at radius 2 is 1.68 bits per heavy atom. The number of rotatable bonds is 8. The number of aromatic amines is 1. The molecule has 0 spiro atoms. The highest BCUT2D eigenvalue weighted by Gasteiger charge is 2.54. The molecular formula is C35H43N3O9. The maximum Gasteiger partial charge on any atom is 0.338 e. The topological polar surface area (TPSA) is 142 Å². The molecule has 2 aliphatic heterocycles. The zero-order valence-corrected chi connectivity index (χ0v) is 27.7. The summed E-state index contributed by atoms with van der Waals surface area (Å²) in [5.74, 6) is 2.19. The van der Waals surface area contributed by atoms with Gasteiger partial charge in [-0.15, -0.1) is 0 Å². The van der Waals surface area contributed by atoms with E-state index in [1.165, 1.54) is 45.1 Å². The summed E-state index contributed by atoms with van der Waals surface area (Å²) in [5.41, 5.74) is 3.83. The lowest BCUT2D eigenvalue weighted by atomic mass is 9.63. The third-order valence-electron chi connectivity index (χ3n) is 9.76. The first-order valence-corrected chi connectivity index (χ1v) is 15.5. The monoisotopic (exact) mass is 649 g/mol. The van der Waals surface area contributed by atoms with Crippen molar-refractivity contribution in [2.45, 2.75) is 37.5 Å². The quantitative estimate of drug-likeness (QED) is 0.263. The lowest BCUT2D eigenvalue weighted by Crippen LogP contribution is -2.58. The third-order valence-corrected chi connectivity index (χ3v) is 9.76. The van der Waals surface area contributed by atoms with Gasteiger partial charge in [0.25, 0.3) is 0 Å². The highest BCUT2D eigenvalue weighted by atomic mass is 16.6. The maximum absolute atomic E-state index is 13.5.